The summed E-state index contributed by atoms with van der Waals surface area (Å²) in [6.07, 6.45) is 2.76. The average molecular weight is 293 g/mol. The van der Waals surface area contributed by atoms with E-state index in [2.05, 4.69) is 20.5 Å². The Morgan fingerprint density at radius 2 is 2.05 bits per heavy atom. The van der Waals surface area contributed by atoms with E-state index in [4.69, 9.17) is 0 Å². The van der Waals surface area contributed by atoms with E-state index < -0.39 is 11.6 Å². The Balaban J connectivity index is 1.81. The minimum absolute atomic E-state index is 0.481. The van der Waals surface area contributed by atoms with Crippen LogP contribution >= 0.6 is 0 Å². The van der Waals surface area contributed by atoms with Crippen LogP contribution in [-0.4, -0.2) is 46.1 Å². The molecule has 0 spiro atoms. The van der Waals surface area contributed by atoms with E-state index in [1.165, 1.54) is 6.07 Å². The number of nitrogens with zero attached hydrogens (tertiary/aromatic N) is 4. The first-order chi connectivity index (χ1) is 10.2. The molecule has 1 N–H and O–H groups in total. The van der Waals surface area contributed by atoms with Crippen LogP contribution in [0.1, 0.15) is 12.1 Å². The third-order valence-electron chi connectivity index (χ3n) is 3.59. The lowest BCUT2D eigenvalue weighted by molar-refractivity contribution is 0.278. The first-order valence-corrected chi connectivity index (χ1v) is 7.02. The normalized spacial score (nSPS) is 16.9. The molecular formula is C14H17F2N5. The Morgan fingerprint density at radius 1 is 1.14 bits per heavy atom. The van der Waals surface area contributed by atoms with Crippen molar-refractivity contribution in [3.63, 3.8) is 0 Å². The zero-order valence-corrected chi connectivity index (χ0v) is 11.6. The molecule has 2 aromatic rings. The standard InChI is InChI=1S/C14H17F2N5/c15-13-3-2-11(8-14(13)16)21-12(9-18-19-21)10-20-6-1-4-17-5-7-20/h2-3,8-9,17H,1,4-7,10H2. The number of nitrogens with one attached hydrogen (secondary N) is 1. The molecule has 1 aliphatic rings. The maximum absolute atomic E-state index is 13.4. The van der Waals surface area contributed by atoms with Crippen LogP contribution in [0, 0.1) is 11.6 Å². The molecule has 1 saturated heterocycles. The predicted octanol–water partition coefficient (Wildman–Crippen LogP) is 1.34. The number of hydrogen-bond acceptors (Lipinski definition) is 4. The zero-order chi connectivity index (χ0) is 14.7. The molecular weight excluding hydrogens is 276 g/mol. The van der Waals surface area contributed by atoms with Crippen LogP contribution in [-0.2, 0) is 6.54 Å². The van der Waals surface area contributed by atoms with Crippen LogP contribution in [0.4, 0.5) is 8.78 Å². The lowest BCUT2D eigenvalue weighted by Crippen LogP contribution is -2.28. The van der Waals surface area contributed by atoms with E-state index in [1.54, 1.807) is 10.9 Å². The van der Waals surface area contributed by atoms with Crippen molar-refractivity contribution in [2.24, 2.45) is 0 Å². The Hall–Kier alpha value is -1.86. The molecule has 3 rings (SSSR count). The molecule has 0 atom stereocenters. The van der Waals surface area contributed by atoms with Gasteiger partial charge in [0, 0.05) is 25.7 Å². The summed E-state index contributed by atoms with van der Waals surface area (Å²) < 4.78 is 27.9. The lowest BCUT2D eigenvalue weighted by Gasteiger charge is -2.19. The van der Waals surface area contributed by atoms with E-state index in [0.29, 0.717) is 12.2 Å². The van der Waals surface area contributed by atoms with Gasteiger partial charge < -0.3 is 5.32 Å². The van der Waals surface area contributed by atoms with Gasteiger partial charge in [0.05, 0.1) is 17.6 Å². The third kappa shape index (κ3) is 3.25. The Bertz CT molecular complexity index is 605. The topological polar surface area (TPSA) is 46.0 Å². The van der Waals surface area contributed by atoms with E-state index in [9.17, 15) is 8.78 Å². The molecule has 1 aromatic carbocycles. The van der Waals surface area contributed by atoms with Crippen LogP contribution in [0.3, 0.4) is 0 Å². The van der Waals surface area contributed by atoms with Crippen LogP contribution in [0.15, 0.2) is 24.4 Å². The first kappa shape index (κ1) is 14.1. The molecule has 1 aliphatic heterocycles. The summed E-state index contributed by atoms with van der Waals surface area (Å²) in [5.41, 5.74) is 1.34. The van der Waals surface area contributed by atoms with E-state index in [0.717, 1.165) is 50.4 Å². The highest BCUT2D eigenvalue weighted by atomic mass is 19.2. The molecule has 5 nitrogen and oxygen atoms in total. The van der Waals surface area contributed by atoms with Crippen LogP contribution < -0.4 is 5.32 Å². The van der Waals surface area contributed by atoms with Gasteiger partial charge in [-0.2, -0.15) is 0 Å². The van der Waals surface area contributed by atoms with Gasteiger partial charge in [0.2, 0.25) is 0 Å². The van der Waals surface area contributed by atoms with Gasteiger partial charge in [-0.05, 0) is 31.6 Å². The monoisotopic (exact) mass is 293 g/mol. The SMILES string of the molecule is Fc1ccc(-n2nncc2CN2CCCNCC2)cc1F. The number of benzene rings is 1. The summed E-state index contributed by atoms with van der Waals surface area (Å²) in [6.45, 7) is 4.61. The molecule has 0 saturated carbocycles. The number of rotatable bonds is 3. The van der Waals surface area contributed by atoms with Crippen molar-refractivity contribution < 1.29 is 8.78 Å². The molecule has 1 fully saturated rings. The minimum atomic E-state index is -0.882. The van der Waals surface area contributed by atoms with Gasteiger partial charge in [-0.1, -0.05) is 5.21 Å². The number of hydrogen-bond donors (Lipinski definition) is 1. The molecule has 0 radical (unpaired) electrons. The molecule has 112 valence electrons. The van der Waals surface area contributed by atoms with Crippen molar-refractivity contribution in [1.29, 1.82) is 0 Å². The summed E-state index contributed by atoms with van der Waals surface area (Å²) in [5, 5.41) is 11.2. The van der Waals surface area contributed by atoms with Gasteiger partial charge in [0.25, 0.3) is 0 Å². The van der Waals surface area contributed by atoms with Crippen molar-refractivity contribution >= 4 is 0 Å². The van der Waals surface area contributed by atoms with Gasteiger partial charge in [0.15, 0.2) is 11.6 Å². The number of aromatic nitrogens is 3. The van der Waals surface area contributed by atoms with Crippen LogP contribution in [0.25, 0.3) is 5.69 Å². The number of halogens is 2. The highest BCUT2D eigenvalue weighted by Crippen LogP contribution is 2.15. The Kier molecular flexibility index (Phi) is 4.21. The second-order valence-corrected chi connectivity index (χ2v) is 5.12. The summed E-state index contributed by atoms with van der Waals surface area (Å²) in [6, 6.07) is 3.74. The summed E-state index contributed by atoms with van der Waals surface area (Å²) >= 11 is 0. The fourth-order valence-corrected chi connectivity index (χ4v) is 2.49. The van der Waals surface area contributed by atoms with Crippen molar-refractivity contribution in [3.8, 4) is 5.69 Å². The fourth-order valence-electron chi connectivity index (χ4n) is 2.49. The molecule has 0 aliphatic carbocycles. The van der Waals surface area contributed by atoms with Crippen molar-refractivity contribution in [2.75, 3.05) is 26.2 Å². The second-order valence-electron chi connectivity index (χ2n) is 5.12. The zero-order valence-electron chi connectivity index (χ0n) is 11.6. The molecule has 0 unspecified atom stereocenters. The summed E-state index contributed by atoms with van der Waals surface area (Å²) in [4.78, 5) is 2.30. The lowest BCUT2D eigenvalue weighted by atomic mass is 10.3. The molecule has 1 aromatic heterocycles. The molecule has 21 heavy (non-hydrogen) atoms. The van der Waals surface area contributed by atoms with E-state index >= 15 is 0 Å². The molecule has 0 amide bonds. The van der Waals surface area contributed by atoms with Gasteiger partial charge in [0.1, 0.15) is 0 Å². The van der Waals surface area contributed by atoms with Crippen molar-refractivity contribution in [2.45, 2.75) is 13.0 Å². The summed E-state index contributed by atoms with van der Waals surface area (Å²) in [7, 11) is 0. The predicted molar refractivity (Wildman–Crippen MR) is 74.0 cm³/mol. The van der Waals surface area contributed by atoms with Gasteiger partial charge in [-0.15, -0.1) is 5.10 Å². The van der Waals surface area contributed by atoms with Crippen LogP contribution in [0.5, 0.6) is 0 Å². The fraction of sp³-hybridized carbons (Fsp3) is 0.429. The van der Waals surface area contributed by atoms with Crippen LogP contribution in [0.2, 0.25) is 0 Å². The van der Waals surface area contributed by atoms with Crippen molar-refractivity contribution in [1.82, 2.24) is 25.2 Å². The largest absolute Gasteiger partial charge is 0.315 e. The van der Waals surface area contributed by atoms with E-state index in [1.807, 2.05) is 0 Å². The van der Waals surface area contributed by atoms with Gasteiger partial charge in [-0.25, -0.2) is 13.5 Å². The molecule has 2 heterocycles. The molecule has 7 heteroatoms. The Morgan fingerprint density at radius 3 is 2.90 bits per heavy atom. The third-order valence-corrected chi connectivity index (χ3v) is 3.59. The second kappa shape index (κ2) is 6.28. The van der Waals surface area contributed by atoms with Gasteiger partial charge >= 0.3 is 0 Å². The average Bonchev–Trinajstić information content (AvgIpc) is 2.77. The highest BCUT2D eigenvalue weighted by Gasteiger charge is 2.14. The summed E-state index contributed by atoms with van der Waals surface area (Å²) in [5.74, 6) is -1.74. The smallest absolute Gasteiger partial charge is 0.160 e. The highest BCUT2D eigenvalue weighted by molar-refractivity contribution is 5.33. The quantitative estimate of drug-likeness (QED) is 0.927. The first-order valence-electron chi connectivity index (χ1n) is 7.02. The van der Waals surface area contributed by atoms with Gasteiger partial charge in [-0.3, -0.25) is 4.90 Å². The maximum atomic E-state index is 13.4. The molecule has 0 bridgehead atoms. The minimum Gasteiger partial charge on any atom is -0.315 e. The van der Waals surface area contributed by atoms with E-state index in [-0.39, 0.29) is 0 Å². The maximum Gasteiger partial charge on any atom is 0.160 e. The Labute approximate surface area is 121 Å². The van der Waals surface area contributed by atoms with Crippen molar-refractivity contribution in [3.05, 3.63) is 41.7 Å².